The fourth-order valence-electron chi connectivity index (χ4n) is 12.7. The lowest BCUT2D eigenvalue weighted by Gasteiger charge is -2.40. The SMILES string of the molecule is CCCCCCCC[N+](CCCCCCCC)(CCCCCCCC)CCCCCCCC.CCCCCCCC[N+](CCCCCCCC)(CCCCCCCC)CCCCCCCC.O=C(O)c1ccccc1SSc1ccccc1C(=O)O. The maximum absolute atomic E-state index is 11.1. The highest BCUT2D eigenvalue weighted by Crippen LogP contribution is 2.40. The second-order valence-corrected chi connectivity index (χ2v) is 28.6. The van der Waals surface area contributed by atoms with Gasteiger partial charge in [0.1, 0.15) is 0 Å². The van der Waals surface area contributed by atoms with E-state index in [0.717, 1.165) is 0 Å². The Morgan fingerprint density at radius 3 is 0.570 bits per heavy atom. The maximum Gasteiger partial charge on any atom is 0.336 e. The van der Waals surface area contributed by atoms with Crippen molar-refractivity contribution >= 4 is 33.5 Å². The molecular weight excluding hydrogens is 1090 g/mol. The van der Waals surface area contributed by atoms with Crippen molar-refractivity contribution in [1.82, 2.24) is 0 Å². The Morgan fingerprint density at radius 1 is 0.256 bits per heavy atom. The molecule has 8 heteroatoms. The molecule has 6 nitrogen and oxygen atoms in total. The van der Waals surface area contributed by atoms with Gasteiger partial charge in [0.15, 0.2) is 0 Å². The Bertz CT molecular complexity index is 1490. The van der Waals surface area contributed by atoms with Gasteiger partial charge in [-0.25, -0.2) is 9.59 Å². The second-order valence-electron chi connectivity index (χ2n) is 26.4. The third kappa shape index (κ3) is 48.8. The minimum Gasteiger partial charge on any atom is -0.478 e. The van der Waals surface area contributed by atoms with Crippen LogP contribution in [0.3, 0.4) is 0 Å². The number of carbonyl (C=O) groups is 2. The normalized spacial score (nSPS) is 11.6. The molecule has 0 saturated carbocycles. The molecule has 0 aliphatic rings. The van der Waals surface area contributed by atoms with E-state index in [1.807, 2.05) is 0 Å². The lowest BCUT2D eigenvalue weighted by atomic mass is 10.0. The molecule has 0 saturated heterocycles. The predicted octanol–water partition coefficient (Wildman–Crippen LogP) is 26.4. The molecule has 0 heterocycles. The van der Waals surface area contributed by atoms with Crippen LogP contribution in [0, 0.1) is 0 Å². The number of nitrogens with zero attached hydrogens (tertiary/aromatic N) is 2. The van der Waals surface area contributed by atoms with Gasteiger partial charge in [0.2, 0.25) is 0 Å². The summed E-state index contributed by atoms with van der Waals surface area (Å²) in [7, 11) is 2.47. The molecule has 0 aliphatic heterocycles. The van der Waals surface area contributed by atoms with Crippen LogP contribution in [-0.4, -0.2) is 83.5 Å². The molecule has 0 unspecified atom stereocenters. The summed E-state index contributed by atoms with van der Waals surface area (Å²) >= 11 is 0. The number of quaternary nitrogens is 2. The highest BCUT2D eigenvalue weighted by Gasteiger charge is 2.27. The molecule has 2 N–H and O–H groups in total. The lowest BCUT2D eigenvalue weighted by Crippen LogP contribution is -2.50. The number of carboxylic acid groups (broad SMARTS) is 2. The number of unbranched alkanes of at least 4 members (excludes halogenated alkanes) is 40. The van der Waals surface area contributed by atoms with E-state index in [2.05, 4.69) is 55.4 Å². The molecule has 2 aromatic carbocycles. The molecule has 0 amide bonds. The fraction of sp³-hybridized carbons (Fsp3) is 0.821. The van der Waals surface area contributed by atoms with Crippen molar-refractivity contribution in [2.75, 3.05) is 52.4 Å². The summed E-state index contributed by atoms with van der Waals surface area (Å²) < 4.78 is 2.95. The topological polar surface area (TPSA) is 74.6 Å². The van der Waals surface area contributed by atoms with Crippen molar-refractivity contribution in [1.29, 1.82) is 0 Å². The number of rotatable bonds is 61. The van der Waals surface area contributed by atoms with Crippen molar-refractivity contribution in [3.05, 3.63) is 59.7 Å². The molecule has 0 bridgehead atoms. The minimum atomic E-state index is -1.000. The van der Waals surface area contributed by atoms with E-state index < -0.39 is 11.9 Å². The van der Waals surface area contributed by atoms with Gasteiger partial charge in [0, 0.05) is 9.79 Å². The summed E-state index contributed by atoms with van der Waals surface area (Å²) in [4.78, 5) is 23.4. The van der Waals surface area contributed by atoms with Gasteiger partial charge < -0.3 is 19.2 Å². The summed E-state index contributed by atoms with van der Waals surface area (Å²) in [6.07, 6.45) is 69.5. The molecule has 0 aromatic heterocycles. The van der Waals surface area contributed by atoms with E-state index in [9.17, 15) is 9.59 Å². The monoisotopic (exact) mass is 1240 g/mol. The van der Waals surface area contributed by atoms with Crippen LogP contribution in [0.5, 0.6) is 0 Å². The highest BCUT2D eigenvalue weighted by atomic mass is 33.1. The van der Waals surface area contributed by atoms with E-state index >= 15 is 0 Å². The average Bonchev–Trinajstić information content (AvgIpc) is 3.69. The Labute approximate surface area is 544 Å². The number of aromatic carboxylic acids is 2. The molecular formula is C78H146N2O4S2+2. The molecule has 0 spiro atoms. The van der Waals surface area contributed by atoms with Crippen LogP contribution >= 0.6 is 21.6 Å². The third-order valence-electron chi connectivity index (χ3n) is 18.3. The number of hydrogen-bond donors (Lipinski definition) is 2. The van der Waals surface area contributed by atoms with Crippen molar-refractivity contribution in [2.24, 2.45) is 0 Å². The number of benzene rings is 2. The summed E-state index contributed by atoms with van der Waals surface area (Å²) in [6.45, 7) is 30.5. The Hall–Kier alpha value is -2.00. The first-order valence-electron chi connectivity index (χ1n) is 37.8. The van der Waals surface area contributed by atoms with Gasteiger partial charge in [-0.1, -0.05) is 307 Å². The lowest BCUT2D eigenvalue weighted by molar-refractivity contribution is -0.929. The Morgan fingerprint density at radius 2 is 0.407 bits per heavy atom. The third-order valence-corrected chi connectivity index (χ3v) is 20.8. The average molecular weight is 1240 g/mol. The van der Waals surface area contributed by atoms with Crippen molar-refractivity contribution in [3.63, 3.8) is 0 Å². The Kier molecular flexibility index (Phi) is 61.7. The summed E-state index contributed by atoms with van der Waals surface area (Å²) in [5, 5.41) is 18.2. The smallest absolute Gasteiger partial charge is 0.336 e. The highest BCUT2D eigenvalue weighted by molar-refractivity contribution is 8.76. The summed E-state index contributed by atoms with van der Waals surface area (Å²) in [5.41, 5.74) is 0.413. The summed E-state index contributed by atoms with van der Waals surface area (Å²) in [6, 6.07) is 13.3. The first-order chi connectivity index (χ1) is 42.1. The predicted molar refractivity (Wildman–Crippen MR) is 385 cm³/mol. The van der Waals surface area contributed by atoms with Crippen LogP contribution < -0.4 is 0 Å². The van der Waals surface area contributed by atoms with Crippen LogP contribution in [0.15, 0.2) is 58.3 Å². The molecule has 0 aliphatic carbocycles. The zero-order valence-corrected chi connectivity index (χ0v) is 60.3. The van der Waals surface area contributed by atoms with E-state index in [1.54, 1.807) is 36.4 Å². The van der Waals surface area contributed by atoms with Crippen molar-refractivity contribution < 1.29 is 28.8 Å². The van der Waals surface area contributed by atoms with Gasteiger partial charge in [-0.15, -0.1) is 0 Å². The van der Waals surface area contributed by atoms with E-state index in [4.69, 9.17) is 10.2 Å². The van der Waals surface area contributed by atoms with Crippen molar-refractivity contribution in [2.45, 2.75) is 373 Å². The molecule has 2 aromatic rings. The van der Waals surface area contributed by atoms with Gasteiger partial charge in [-0.3, -0.25) is 0 Å². The van der Waals surface area contributed by atoms with E-state index in [0.29, 0.717) is 9.79 Å². The van der Waals surface area contributed by atoms with Gasteiger partial charge in [-0.05, 0) is 127 Å². The molecule has 0 radical (unpaired) electrons. The van der Waals surface area contributed by atoms with Crippen LogP contribution in [-0.2, 0) is 0 Å². The van der Waals surface area contributed by atoms with Gasteiger partial charge in [0.25, 0.3) is 0 Å². The first-order valence-corrected chi connectivity index (χ1v) is 39.9. The van der Waals surface area contributed by atoms with Crippen LogP contribution in [0.4, 0.5) is 0 Å². The molecule has 2 rings (SSSR count). The number of carboxylic acids is 2. The van der Waals surface area contributed by atoms with E-state index in [-0.39, 0.29) is 11.1 Å². The molecule has 0 fully saturated rings. The zero-order valence-electron chi connectivity index (χ0n) is 58.6. The van der Waals surface area contributed by atoms with Crippen LogP contribution in [0.25, 0.3) is 0 Å². The van der Waals surface area contributed by atoms with Gasteiger partial charge in [0.05, 0.1) is 63.5 Å². The van der Waals surface area contributed by atoms with Crippen molar-refractivity contribution in [3.8, 4) is 0 Å². The van der Waals surface area contributed by atoms with Gasteiger partial charge in [-0.2, -0.15) is 0 Å². The fourth-order valence-corrected chi connectivity index (χ4v) is 15.0. The number of hydrogen-bond acceptors (Lipinski definition) is 4. The van der Waals surface area contributed by atoms with Crippen LogP contribution in [0.2, 0.25) is 0 Å². The zero-order chi connectivity index (χ0) is 63.1. The Balaban J connectivity index is 0.00000130. The maximum atomic E-state index is 11.1. The summed E-state index contributed by atoms with van der Waals surface area (Å²) in [5.74, 6) is -2.00. The molecule has 0 atom stereocenters. The second kappa shape index (κ2) is 63.2. The molecule has 502 valence electrons. The minimum absolute atomic E-state index is 0.206. The largest absolute Gasteiger partial charge is 0.478 e. The van der Waals surface area contributed by atoms with Crippen LogP contribution in [0.1, 0.15) is 384 Å². The van der Waals surface area contributed by atoms with E-state index in [1.165, 1.54) is 403 Å². The molecule has 86 heavy (non-hydrogen) atoms. The van der Waals surface area contributed by atoms with Gasteiger partial charge >= 0.3 is 11.9 Å². The first kappa shape index (κ1) is 84.0. The quantitative estimate of drug-likeness (QED) is 0.0391. The standard InChI is InChI=1S/2C32H68N.C14H10O4S2/c2*1-5-9-13-17-21-25-29-33(30-26-22-18-14-10-6-2,31-27-23-19-15-11-7-3)32-28-24-20-16-12-8-4;15-13(16)9-5-1-3-7-11(9)19-20-12-8-4-2-6-10(12)14(17)18/h2*5-32H2,1-4H3;1-8H,(H,15,16)(H,17,18)/q2*+1;.